The van der Waals surface area contributed by atoms with Crippen molar-refractivity contribution in [2.75, 3.05) is 18.6 Å². The number of urea groups is 1. The normalized spacial score (nSPS) is 18.7. The van der Waals surface area contributed by atoms with E-state index in [4.69, 9.17) is 9.72 Å². The van der Waals surface area contributed by atoms with Crippen molar-refractivity contribution in [3.8, 4) is 17.0 Å². The van der Waals surface area contributed by atoms with Gasteiger partial charge in [0.2, 0.25) is 0 Å². The number of hydrogen-bond donors (Lipinski definition) is 0. The van der Waals surface area contributed by atoms with Gasteiger partial charge in [0, 0.05) is 28.4 Å². The molecule has 6 nitrogen and oxygen atoms in total. The molecular weight excluding hydrogens is 406 g/mol. The second-order valence-electron chi connectivity index (χ2n) is 6.55. The molecule has 3 heterocycles. The summed E-state index contributed by atoms with van der Waals surface area (Å²) in [6, 6.07) is 5.48. The Morgan fingerprint density at radius 2 is 2.08 bits per heavy atom. The average Bonchev–Trinajstić information content (AvgIpc) is 2.95. The van der Waals surface area contributed by atoms with E-state index in [2.05, 4.69) is 15.9 Å². The summed E-state index contributed by atoms with van der Waals surface area (Å²) in [5, 5.41) is 0.550. The number of benzene rings is 1. The van der Waals surface area contributed by atoms with Crippen molar-refractivity contribution >= 4 is 44.3 Å². The highest BCUT2D eigenvalue weighted by atomic mass is 79.9. The molecule has 8 heteroatoms. The van der Waals surface area contributed by atoms with Crippen LogP contribution in [-0.4, -0.2) is 41.0 Å². The number of nitrogens with zero attached hydrogens (tertiary/aromatic N) is 3. The van der Waals surface area contributed by atoms with Crippen LogP contribution in [0.1, 0.15) is 18.7 Å². The van der Waals surface area contributed by atoms with Crippen LogP contribution in [0.3, 0.4) is 0 Å². The molecule has 0 aliphatic carbocycles. The van der Waals surface area contributed by atoms with Gasteiger partial charge < -0.3 is 4.74 Å². The second kappa shape index (κ2) is 5.54. The van der Waals surface area contributed by atoms with Crippen LogP contribution < -0.4 is 9.64 Å². The quantitative estimate of drug-likeness (QED) is 0.658. The summed E-state index contributed by atoms with van der Waals surface area (Å²) >= 11 is 4.90. The van der Waals surface area contributed by atoms with Crippen LogP contribution in [0.15, 0.2) is 22.7 Å². The van der Waals surface area contributed by atoms with Crippen molar-refractivity contribution in [2.24, 2.45) is 0 Å². The molecule has 130 valence electrons. The topological polar surface area (TPSA) is 62.7 Å². The molecule has 2 aromatic rings. The number of fused-ring (bicyclic) bond motifs is 3. The molecule has 1 aromatic carbocycles. The minimum atomic E-state index is -0.943. The molecule has 0 atom stereocenters. The van der Waals surface area contributed by atoms with E-state index in [1.165, 1.54) is 23.3 Å². The number of carbonyl (C=O) groups excluding carboxylic acids is 2. The first-order valence-corrected chi connectivity index (χ1v) is 9.46. The number of aromatic nitrogens is 1. The van der Waals surface area contributed by atoms with E-state index in [1.54, 1.807) is 13.8 Å². The van der Waals surface area contributed by atoms with Crippen molar-refractivity contribution in [3.05, 3.63) is 27.5 Å². The van der Waals surface area contributed by atoms with E-state index in [0.717, 1.165) is 31.3 Å². The zero-order valence-electron chi connectivity index (χ0n) is 14.0. The number of hydrogen-bond acceptors (Lipinski definition) is 5. The third kappa shape index (κ3) is 2.38. The highest BCUT2D eigenvalue weighted by molar-refractivity contribution is 9.10. The summed E-state index contributed by atoms with van der Waals surface area (Å²) in [6.07, 6.45) is 0.714. The number of likely N-dealkylation sites (N-methyl/N-ethyl adjacent to an activating group) is 1. The third-order valence-electron chi connectivity index (χ3n) is 4.53. The zero-order chi connectivity index (χ0) is 17.9. The molecule has 2 aliphatic heterocycles. The Bertz CT molecular complexity index is 909. The van der Waals surface area contributed by atoms with E-state index in [9.17, 15) is 9.59 Å². The standard InChI is InChI=1S/C17H16BrN3O3S/c1-17(2)14(22)20(3)16(23)21(17)15-19-13-10-5-4-9(18)8-11(10)24-7-6-12(13)25-15/h4-5,8H,6-7H2,1-3H3. The molecule has 1 saturated heterocycles. The Morgan fingerprint density at radius 1 is 1.32 bits per heavy atom. The van der Waals surface area contributed by atoms with Gasteiger partial charge in [0.15, 0.2) is 5.13 Å². The molecule has 0 bridgehead atoms. The van der Waals surface area contributed by atoms with E-state index < -0.39 is 5.54 Å². The minimum absolute atomic E-state index is 0.226. The minimum Gasteiger partial charge on any atom is -0.492 e. The molecule has 25 heavy (non-hydrogen) atoms. The fraction of sp³-hybridized carbons (Fsp3) is 0.353. The predicted molar refractivity (Wildman–Crippen MR) is 99.2 cm³/mol. The van der Waals surface area contributed by atoms with Gasteiger partial charge in [0.25, 0.3) is 5.91 Å². The number of thiazole rings is 1. The first-order chi connectivity index (χ1) is 11.8. The zero-order valence-corrected chi connectivity index (χ0v) is 16.4. The second-order valence-corrected chi connectivity index (χ2v) is 8.53. The largest absolute Gasteiger partial charge is 0.492 e. The summed E-state index contributed by atoms with van der Waals surface area (Å²) in [5.41, 5.74) is 0.787. The average molecular weight is 422 g/mol. The van der Waals surface area contributed by atoms with Crippen LogP contribution in [0.5, 0.6) is 5.75 Å². The van der Waals surface area contributed by atoms with Crippen molar-refractivity contribution < 1.29 is 14.3 Å². The fourth-order valence-corrected chi connectivity index (χ4v) is 4.72. The SMILES string of the molecule is CN1C(=O)N(c2nc3c(s2)CCOc2cc(Br)ccc2-3)C(C)(C)C1=O. The number of halogens is 1. The van der Waals surface area contributed by atoms with E-state index in [0.29, 0.717) is 18.2 Å². The number of imide groups is 1. The van der Waals surface area contributed by atoms with Gasteiger partial charge in [0.1, 0.15) is 11.3 Å². The van der Waals surface area contributed by atoms with Gasteiger partial charge in [-0.3, -0.25) is 14.6 Å². The van der Waals surface area contributed by atoms with E-state index in [1.807, 2.05) is 18.2 Å². The van der Waals surface area contributed by atoms with Crippen molar-refractivity contribution in [1.82, 2.24) is 9.88 Å². The summed E-state index contributed by atoms with van der Waals surface area (Å²) in [4.78, 5) is 33.4. The monoisotopic (exact) mass is 421 g/mol. The van der Waals surface area contributed by atoms with Gasteiger partial charge in [0.05, 0.1) is 12.3 Å². The number of anilines is 1. The van der Waals surface area contributed by atoms with Crippen LogP contribution in [0, 0.1) is 0 Å². The maximum absolute atomic E-state index is 12.6. The van der Waals surface area contributed by atoms with E-state index in [-0.39, 0.29) is 11.9 Å². The Labute approximate surface area is 157 Å². The Balaban J connectivity index is 1.84. The maximum atomic E-state index is 12.6. The molecule has 1 aromatic heterocycles. The van der Waals surface area contributed by atoms with Gasteiger partial charge in [-0.15, -0.1) is 11.3 Å². The number of amides is 3. The Kier molecular flexibility index (Phi) is 3.66. The first-order valence-electron chi connectivity index (χ1n) is 7.85. The molecule has 0 saturated carbocycles. The summed E-state index contributed by atoms with van der Waals surface area (Å²) < 4.78 is 6.76. The number of ether oxygens (including phenoxy) is 1. The molecule has 4 rings (SSSR count). The van der Waals surface area contributed by atoms with Crippen LogP contribution in [0.25, 0.3) is 11.3 Å². The number of carbonyl (C=O) groups is 2. The lowest BCUT2D eigenvalue weighted by atomic mass is 10.1. The molecule has 0 radical (unpaired) electrons. The van der Waals surface area contributed by atoms with Crippen molar-refractivity contribution in [2.45, 2.75) is 25.8 Å². The highest BCUT2D eigenvalue weighted by Gasteiger charge is 2.51. The first kappa shape index (κ1) is 16.5. The third-order valence-corrected chi connectivity index (χ3v) is 6.12. The van der Waals surface area contributed by atoms with Gasteiger partial charge in [-0.05, 0) is 32.0 Å². The van der Waals surface area contributed by atoms with Crippen LogP contribution >= 0.6 is 27.3 Å². The number of rotatable bonds is 1. The smallest absolute Gasteiger partial charge is 0.333 e. The lowest BCUT2D eigenvalue weighted by Crippen LogP contribution is -2.44. The molecule has 2 aliphatic rings. The van der Waals surface area contributed by atoms with Crippen LogP contribution in [-0.2, 0) is 11.2 Å². The predicted octanol–water partition coefficient (Wildman–Crippen LogP) is 3.68. The van der Waals surface area contributed by atoms with Crippen molar-refractivity contribution in [1.29, 1.82) is 0 Å². The molecule has 0 spiro atoms. The van der Waals surface area contributed by atoms with Crippen LogP contribution in [0.2, 0.25) is 0 Å². The van der Waals surface area contributed by atoms with Gasteiger partial charge in [-0.25, -0.2) is 9.78 Å². The molecule has 0 unspecified atom stereocenters. The van der Waals surface area contributed by atoms with Gasteiger partial charge >= 0.3 is 6.03 Å². The van der Waals surface area contributed by atoms with Crippen LogP contribution in [0.4, 0.5) is 9.93 Å². The summed E-state index contributed by atoms with van der Waals surface area (Å²) in [5.74, 6) is 0.542. The lowest BCUT2D eigenvalue weighted by molar-refractivity contribution is -0.128. The molecular formula is C17H16BrN3O3S. The maximum Gasteiger partial charge on any atom is 0.333 e. The highest BCUT2D eigenvalue weighted by Crippen LogP contribution is 2.43. The molecule has 3 amide bonds. The summed E-state index contributed by atoms with van der Waals surface area (Å²) in [6.45, 7) is 4.04. The lowest BCUT2D eigenvalue weighted by Gasteiger charge is -2.25. The van der Waals surface area contributed by atoms with E-state index >= 15 is 0 Å². The molecule has 1 fully saturated rings. The molecule has 0 N–H and O–H groups in total. The van der Waals surface area contributed by atoms with Gasteiger partial charge in [-0.1, -0.05) is 15.9 Å². The van der Waals surface area contributed by atoms with Gasteiger partial charge in [-0.2, -0.15) is 0 Å². The summed E-state index contributed by atoms with van der Waals surface area (Å²) in [7, 11) is 1.51. The van der Waals surface area contributed by atoms with Crippen molar-refractivity contribution in [3.63, 3.8) is 0 Å². The Hall–Kier alpha value is -1.93. The Morgan fingerprint density at radius 3 is 2.76 bits per heavy atom. The fourth-order valence-electron chi connectivity index (χ4n) is 3.18.